The number of ketones is 1. The Morgan fingerprint density at radius 1 is 0.957 bits per heavy atom. The van der Waals surface area contributed by atoms with Crippen molar-refractivity contribution in [3.63, 3.8) is 0 Å². The quantitative estimate of drug-likeness (QED) is 0.179. The third kappa shape index (κ3) is 4.62. The minimum absolute atomic E-state index is 0.0185. The van der Waals surface area contributed by atoms with Gasteiger partial charge in [-0.2, -0.15) is 0 Å². The molecule has 2 aliphatic heterocycles. The molecule has 3 aromatic heterocycles. The van der Waals surface area contributed by atoms with Crippen molar-refractivity contribution in [2.24, 2.45) is 11.8 Å². The van der Waals surface area contributed by atoms with Crippen LogP contribution in [-0.2, 0) is 25.5 Å². The van der Waals surface area contributed by atoms with Crippen LogP contribution in [0.4, 0.5) is 0 Å². The second-order valence-electron chi connectivity index (χ2n) is 12.1. The Bertz CT molecular complexity index is 2030. The molecule has 1 fully saturated rings. The molecule has 238 valence electrons. The van der Waals surface area contributed by atoms with E-state index in [1.165, 1.54) is 14.2 Å². The Balaban J connectivity index is 1.71. The lowest BCUT2D eigenvalue weighted by Crippen LogP contribution is -2.31. The molecule has 4 N–H and O–H groups in total. The minimum atomic E-state index is -0.712. The van der Waals surface area contributed by atoms with Crippen LogP contribution >= 0.6 is 0 Å². The Morgan fingerprint density at radius 3 is 2.33 bits per heavy atom. The first-order valence-corrected chi connectivity index (χ1v) is 15.5. The summed E-state index contributed by atoms with van der Waals surface area (Å²) in [6.07, 6.45) is 9.78. The number of hydrogen-bond acceptors (Lipinski definition) is 7. The van der Waals surface area contributed by atoms with Crippen LogP contribution in [0.2, 0.25) is 0 Å². The molecule has 6 rings (SSSR count). The lowest BCUT2D eigenvalue weighted by Gasteiger charge is -2.23. The van der Waals surface area contributed by atoms with Gasteiger partial charge in [-0.25, -0.2) is 4.79 Å². The van der Waals surface area contributed by atoms with E-state index in [2.05, 4.69) is 33.8 Å². The number of carbonyl (C=O) groups is 4. The van der Waals surface area contributed by atoms with Gasteiger partial charge in [0.1, 0.15) is 5.57 Å². The molecule has 5 heterocycles. The third-order valence-electron chi connectivity index (χ3n) is 9.90. The average Bonchev–Trinajstić information content (AvgIpc) is 3.79. The third-order valence-corrected chi connectivity index (χ3v) is 9.90. The van der Waals surface area contributed by atoms with E-state index in [1.54, 1.807) is 6.08 Å². The maximum Gasteiger partial charge on any atom is 0.342 e. The molecule has 3 atom stereocenters. The van der Waals surface area contributed by atoms with Crippen LogP contribution in [0.3, 0.4) is 0 Å². The van der Waals surface area contributed by atoms with Crippen LogP contribution in [0.5, 0.6) is 0 Å². The normalized spacial score (nSPS) is 22.3. The zero-order valence-electron chi connectivity index (χ0n) is 26.9. The molecule has 0 aromatic carbocycles. The number of Topliss-reactive ketones (excluding diaryl/α,β-unsaturated/α-hetero) is 1. The lowest BCUT2D eigenvalue weighted by atomic mass is 9.82. The highest BCUT2D eigenvalue weighted by Gasteiger charge is 2.47. The molecule has 0 amide bonds. The maximum atomic E-state index is 14.1. The summed E-state index contributed by atoms with van der Waals surface area (Å²) in [5, 5.41) is 5.05. The Morgan fingerprint density at radius 2 is 1.67 bits per heavy atom. The van der Waals surface area contributed by atoms with Gasteiger partial charge in [-0.1, -0.05) is 26.5 Å². The van der Waals surface area contributed by atoms with Crippen molar-refractivity contribution in [3.05, 3.63) is 84.7 Å². The fraction of sp³-hybridized carbons (Fsp3) is 0.333. The van der Waals surface area contributed by atoms with Crippen molar-refractivity contribution < 1.29 is 28.7 Å². The SMILES string of the molecule is C=Cc1c2[nH]c(c1C)/C=C1\NC(C3=C(C(=O)OC)C(=O)c4c3[nH]c(c4C)/C=c3\[nH]/c(c(C=O)c3CC)=C\2)[C@@H](CCC(=O)OC)[C@@H]1C. The van der Waals surface area contributed by atoms with E-state index in [0.717, 1.165) is 45.4 Å². The number of ether oxygens (including phenoxy) is 2. The predicted octanol–water partition coefficient (Wildman–Crippen LogP) is 3.62. The Hall–Kier alpha value is -5.12. The topological polar surface area (TPSA) is 146 Å². The number of hydrogen-bond donors (Lipinski definition) is 4. The van der Waals surface area contributed by atoms with Crippen molar-refractivity contribution in [3.8, 4) is 0 Å². The van der Waals surface area contributed by atoms with E-state index in [1.807, 2.05) is 39.0 Å². The largest absolute Gasteiger partial charge is 0.469 e. The summed E-state index contributed by atoms with van der Waals surface area (Å²) in [4.78, 5) is 62.5. The summed E-state index contributed by atoms with van der Waals surface area (Å²) in [5.74, 6) is -1.70. The van der Waals surface area contributed by atoms with Crippen molar-refractivity contribution in [2.45, 2.75) is 53.0 Å². The van der Waals surface area contributed by atoms with Gasteiger partial charge < -0.3 is 29.7 Å². The van der Waals surface area contributed by atoms with Gasteiger partial charge in [0.25, 0.3) is 0 Å². The highest BCUT2D eigenvalue weighted by molar-refractivity contribution is 6.34. The fourth-order valence-electron chi connectivity index (χ4n) is 7.40. The van der Waals surface area contributed by atoms with Crippen molar-refractivity contribution in [1.82, 2.24) is 20.3 Å². The number of aromatic amines is 3. The van der Waals surface area contributed by atoms with Crippen molar-refractivity contribution >= 4 is 53.9 Å². The van der Waals surface area contributed by atoms with Gasteiger partial charge in [0.2, 0.25) is 5.78 Å². The first-order chi connectivity index (χ1) is 22.1. The number of nitrogens with one attached hydrogen (secondary N) is 4. The molecule has 3 aromatic rings. The summed E-state index contributed by atoms with van der Waals surface area (Å²) in [6.45, 7) is 12.0. The van der Waals surface area contributed by atoms with Gasteiger partial charge in [0.05, 0.1) is 36.9 Å². The second kappa shape index (κ2) is 11.7. The van der Waals surface area contributed by atoms with E-state index < -0.39 is 17.8 Å². The van der Waals surface area contributed by atoms with Crippen LogP contribution in [0.15, 0.2) is 17.8 Å². The van der Waals surface area contributed by atoms with Gasteiger partial charge in [0, 0.05) is 57.2 Å². The molecule has 10 heteroatoms. The zero-order chi connectivity index (χ0) is 33.0. The number of esters is 2. The molecular weight excluding hydrogens is 584 g/mol. The van der Waals surface area contributed by atoms with Gasteiger partial charge >= 0.3 is 11.9 Å². The van der Waals surface area contributed by atoms with Gasteiger partial charge in [-0.15, -0.1) is 0 Å². The standard InChI is InChI=1S/C36H38N4O6/c1-8-19-16(3)23-12-24-17(4)21(10-11-29(42)45-6)33(39-24)31-32(36(44)46-7)35(43)30-18(5)25(40-34(30)31)13-27-20(9-2)22(15-41)28(38-27)14-26(19)37-23/h8,12-15,17,21,33,37-40H,1,9-11H2,2-7H3/b24-12-,27-13-,28-14-/t17-,21-,33?/m0/s1. The number of methoxy groups -OCH3 is 2. The molecule has 0 saturated carbocycles. The summed E-state index contributed by atoms with van der Waals surface area (Å²) < 4.78 is 10.1. The van der Waals surface area contributed by atoms with E-state index in [0.29, 0.717) is 51.8 Å². The molecule has 0 spiro atoms. The number of allylic oxidation sites excluding steroid dienone is 1. The minimum Gasteiger partial charge on any atom is -0.469 e. The lowest BCUT2D eigenvalue weighted by molar-refractivity contribution is -0.141. The molecular formula is C36H38N4O6. The molecule has 10 nitrogen and oxygen atoms in total. The summed E-state index contributed by atoms with van der Waals surface area (Å²) in [5.41, 5.74) is 8.65. The number of aromatic nitrogens is 3. The highest BCUT2D eigenvalue weighted by Crippen LogP contribution is 2.46. The van der Waals surface area contributed by atoms with Gasteiger partial charge in [-0.05, 0) is 67.5 Å². The summed E-state index contributed by atoms with van der Waals surface area (Å²) in [7, 11) is 2.63. The number of fused-ring (bicyclic) bond motifs is 8. The average molecular weight is 623 g/mol. The van der Waals surface area contributed by atoms with E-state index >= 15 is 0 Å². The number of aldehydes is 1. The fourth-order valence-corrected chi connectivity index (χ4v) is 7.40. The molecule has 8 bridgehead atoms. The van der Waals surface area contributed by atoms with Crippen molar-refractivity contribution in [1.29, 1.82) is 0 Å². The maximum absolute atomic E-state index is 14.1. The monoisotopic (exact) mass is 622 g/mol. The first-order valence-electron chi connectivity index (χ1n) is 15.5. The Labute approximate surface area is 266 Å². The van der Waals surface area contributed by atoms with Crippen LogP contribution in [-0.4, -0.2) is 59.2 Å². The molecule has 1 unspecified atom stereocenters. The van der Waals surface area contributed by atoms with E-state index in [9.17, 15) is 19.2 Å². The van der Waals surface area contributed by atoms with Gasteiger partial charge in [-0.3, -0.25) is 14.4 Å². The first kappa shape index (κ1) is 30.9. The van der Waals surface area contributed by atoms with Crippen LogP contribution in [0.1, 0.15) is 92.4 Å². The summed E-state index contributed by atoms with van der Waals surface area (Å²) >= 11 is 0. The Kier molecular flexibility index (Phi) is 7.83. The zero-order valence-corrected chi connectivity index (χ0v) is 26.9. The smallest absolute Gasteiger partial charge is 0.342 e. The molecule has 1 aliphatic carbocycles. The van der Waals surface area contributed by atoms with Crippen LogP contribution in [0, 0.1) is 25.7 Å². The van der Waals surface area contributed by atoms with Gasteiger partial charge in [0.15, 0.2) is 6.29 Å². The van der Waals surface area contributed by atoms with E-state index in [-0.39, 0.29) is 29.8 Å². The number of H-pyrrole nitrogens is 3. The molecule has 3 aliphatic rings. The second-order valence-corrected chi connectivity index (χ2v) is 12.1. The highest BCUT2D eigenvalue weighted by atomic mass is 16.5. The van der Waals surface area contributed by atoms with E-state index in [4.69, 9.17) is 9.47 Å². The molecule has 1 saturated heterocycles. The van der Waals surface area contributed by atoms with Crippen LogP contribution < -0.4 is 16.0 Å². The van der Waals surface area contributed by atoms with Crippen molar-refractivity contribution in [2.75, 3.05) is 14.2 Å². The molecule has 46 heavy (non-hydrogen) atoms. The molecule has 0 radical (unpaired) electrons. The number of rotatable bonds is 7. The predicted molar refractivity (Wildman–Crippen MR) is 175 cm³/mol. The van der Waals surface area contributed by atoms with Crippen LogP contribution in [0.25, 0.3) is 29.9 Å². The summed E-state index contributed by atoms with van der Waals surface area (Å²) in [6, 6.07) is -0.492. The number of carbonyl (C=O) groups excluding carboxylic acids is 4.